The highest BCUT2D eigenvalue weighted by Crippen LogP contribution is 2.54. The van der Waals surface area contributed by atoms with Crippen LogP contribution in [0.3, 0.4) is 0 Å². The Bertz CT molecular complexity index is 1310. The van der Waals surface area contributed by atoms with E-state index in [0.717, 1.165) is 48.5 Å². The van der Waals surface area contributed by atoms with Gasteiger partial charge in [0.05, 0.1) is 21.7 Å². The highest BCUT2D eigenvalue weighted by atomic mass is 35.5. The van der Waals surface area contributed by atoms with Crippen molar-refractivity contribution in [3.63, 3.8) is 0 Å². The molecule has 3 aromatic heterocycles. The van der Waals surface area contributed by atoms with E-state index in [-0.39, 0.29) is 11.3 Å². The molecule has 0 unspecified atom stereocenters. The van der Waals surface area contributed by atoms with E-state index in [2.05, 4.69) is 33.3 Å². The predicted octanol–water partition coefficient (Wildman–Crippen LogP) is 5.62. The van der Waals surface area contributed by atoms with Crippen LogP contribution < -0.4 is 5.32 Å². The van der Waals surface area contributed by atoms with E-state index >= 15 is 0 Å². The maximum Gasteiger partial charge on any atom is 0.255 e. The number of pyridine rings is 1. The molecule has 0 radical (unpaired) electrons. The lowest BCUT2D eigenvalue weighted by Crippen LogP contribution is -2.50. The summed E-state index contributed by atoms with van der Waals surface area (Å²) < 4.78 is 0. The zero-order chi connectivity index (χ0) is 25.0. The molecule has 3 aromatic rings. The zero-order valence-electron chi connectivity index (χ0n) is 21.0. The van der Waals surface area contributed by atoms with Gasteiger partial charge in [-0.3, -0.25) is 4.79 Å². The van der Waals surface area contributed by atoms with Gasteiger partial charge in [-0.1, -0.05) is 24.1 Å². The maximum atomic E-state index is 13.1. The second-order valence-corrected chi connectivity index (χ2v) is 12.1. The standard InChI is InChI=1S/C27H31ClN6OS/c1-16-21-24(27(9-4-10-27)15-34(3)25(21)35)36-23(16)22-19(28)14-30-26(32-22)31-20-6-5-18(13-29-20)17-7-11-33(2)12-8-17/h5-6,13-14,17H,4,7-12,15H2,1-3H3,(H,29,30,31,32). The molecule has 2 aliphatic heterocycles. The number of carbonyl (C=O) groups excluding carboxylic acids is 1. The van der Waals surface area contributed by atoms with E-state index < -0.39 is 0 Å². The van der Waals surface area contributed by atoms with Crippen molar-refractivity contribution >= 4 is 40.6 Å². The van der Waals surface area contributed by atoms with E-state index in [1.54, 1.807) is 17.5 Å². The highest BCUT2D eigenvalue weighted by Gasteiger charge is 2.48. The molecule has 1 saturated heterocycles. The van der Waals surface area contributed by atoms with Crippen molar-refractivity contribution < 1.29 is 4.79 Å². The number of hydrogen-bond donors (Lipinski definition) is 1. The van der Waals surface area contributed by atoms with Gasteiger partial charge in [-0.05, 0) is 75.9 Å². The summed E-state index contributed by atoms with van der Waals surface area (Å²) in [6, 6.07) is 4.15. The van der Waals surface area contributed by atoms with Gasteiger partial charge in [0.25, 0.3) is 5.91 Å². The summed E-state index contributed by atoms with van der Waals surface area (Å²) in [5, 5.41) is 3.73. The van der Waals surface area contributed by atoms with Crippen molar-refractivity contribution in [1.82, 2.24) is 24.8 Å². The van der Waals surface area contributed by atoms with Gasteiger partial charge in [-0.25, -0.2) is 15.0 Å². The summed E-state index contributed by atoms with van der Waals surface area (Å²) in [4.78, 5) is 33.3. The number of nitrogens with one attached hydrogen (secondary N) is 1. The van der Waals surface area contributed by atoms with Crippen LogP contribution in [-0.4, -0.2) is 64.4 Å². The number of thiophene rings is 1. The second kappa shape index (κ2) is 9.08. The van der Waals surface area contributed by atoms with Crippen LogP contribution in [0, 0.1) is 6.92 Å². The van der Waals surface area contributed by atoms with Crippen LogP contribution in [0.4, 0.5) is 11.8 Å². The van der Waals surface area contributed by atoms with E-state index in [1.165, 1.54) is 29.7 Å². The van der Waals surface area contributed by atoms with Crippen molar-refractivity contribution in [3.8, 4) is 10.6 Å². The number of likely N-dealkylation sites (tertiary alicyclic amines) is 1. The molecule has 0 aromatic carbocycles. The molecule has 1 spiro atoms. The lowest BCUT2D eigenvalue weighted by molar-refractivity contribution is 0.0658. The van der Waals surface area contributed by atoms with Crippen molar-refractivity contribution in [1.29, 1.82) is 0 Å². The average Bonchev–Trinajstić information content (AvgIpc) is 3.20. The number of halogens is 1. The Kier molecular flexibility index (Phi) is 6.01. The lowest BCUT2D eigenvalue weighted by Gasteiger charge is -2.47. The van der Waals surface area contributed by atoms with Crippen LogP contribution in [0.2, 0.25) is 5.02 Å². The van der Waals surface area contributed by atoms with Crippen LogP contribution in [0.5, 0.6) is 0 Å². The van der Waals surface area contributed by atoms with Crippen molar-refractivity contribution in [2.75, 3.05) is 39.0 Å². The molecule has 1 aliphatic carbocycles. The Morgan fingerprint density at radius 1 is 1.14 bits per heavy atom. The van der Waals surface area contributed by atoms with E-state index in [9.17, 15) is 4.79 Å². The van der Waals surface area contributed by atoms with Gasteiger partial charge in [0.1, 0.15) is 11.5 Å². The third-order valence-corrected chi connectivity index (χ3v) is 10.0. The lowest BCUT2D eigenvalue weighted by atomic mass is 9.65. The number of aromatic nitrogens is 3. The van der Waals surface area contributed by atoms with Gasteiger partial charge in [0, 0.05) is 30.1 Å². The molecule has 7 nitrogen and oxygen atoms in total. The number of anilines is 2. The third-order valence-electron chi connectivity index (χ3n) is 8.21. The van der Waals surface area contributed by atoms with Crippen molar-refractivity contribution in [2.45, 2.75) is 50.4 Å². The fourth-order valence-electron chi connectivity index (χ4n) is 5.91. The van der Waals surface area contributed by atoms with Gasteiger partial charge in [0.15, 0.2) is 0 Å². The molecule has 0 bridgehead atoms. The minimum Gasteiger partial charge on any atom is -0.341 e. The SMILES string of the molecule is Cc1c(-c2nc(Nc3ccc(C4CCN(C)CC4)cn3)ncc2Cl)sc2c1C(=O)N(C)CC21CCC1. The minimum atomic E-state index is 0.0890. The van der Waals surface area contributed by atoms with Crippen LogP contribution in [0.15, 0.2) is 24.5 Å². The number of nitrogens with zero attached hydrogens (tertiary/aromatic N) is 5. The first-order valence-corrected chi connectivity index (χ1v) is 13.9. The first-order chi connectivity index (χ1) is 17.3. The second-order valence-electron chi connectivity index (χ2n) is 10.6. The minimum absolute atomic E-state index is 0.0890. The van der Waals surface area contributed by atoms with Crippen LogP contribution in [0.25, 0.3) is 10.6 Å². The fraction of sp³-hybridized carbons (Fsp3) is 0.481. The fourth-order valence-corrected chi connectivity index (χ4v) is 7.69. The number of fused-ring (bicyclic) bond motifs is 2. The molecule has 36 heavy (non-hydrogen) atoms. The summed E-state index contributed by atoms with van der Waals surface area (Å²) in [6.07, 6.45) is 9.38. The third kappa shape index (κ3) is 3.99. The van der Waals surface area contributed by atoms with E-state index in [4.69, 9.17) is 16.6 Å². The summed E-state index contributed by atoms with van der Waals surface area (Å²) in [5.41, 5.74) is 3.85. The molecular weight excluding hydrogens is 492 g/mol. The summed E-state index contributed by atoms with van der Waals surface area (Å²) >= 11 is 8.29. The van der Waals surface area contributed by atoms with Gasteiger partial charge < -0.3 is 15.1 Å². The van der Waals surface area contributed by atoms with Crippen LogP contribution in [0.1, 0.15) is 64.4 Å². The molecule has 1 saturated carbocycles. The van der Waals surface area contributed by atoms with E-state index in [1.807, 2.05) is 31.1 Å². The molecule has 5 heterocycles. The predicted molar refractivity (Wildman–Crippen MR) is 145 cm³/mol. The largest absolute Gasteiger partial charge is 0.341 e. The maximum absolute atomic E-state index is 13.1. The first kappa shape index (κ1) is 23.8. The molecule has 6 rings (SSSR count). The number of likely N-dealkylation sites (N-methyl/N-ethyl adjacent to an activating group) is 1. The summed E-state index contributed by atoms with van der Waals surface area (Å²) in [7, 11) is 4.09. The number of rotatable bonds is 4. The van der Waals surface area contributed by atoms with Crippen LogP contribution >= 0.6 is 22.9 Å². The smallest absolute Gasteiger partial charge is 0.255 e. The molecule has 9 heteroatoms. The molecule has 0 atom stereocenters. The Morgan fingerprint density at radius 2 is 1.92 bits per heavy atom. The number of carbonyl (C=O) groups is 1. The molecule has 1 amide bonds. The Balaban J connectivity index is 1.28. The Labute approximate surface area is 220 Å². The number of amides is 1. The molecule has 188 valence electrons. The number of hydrogen-bond acceptors (Lipinski definition) is 7. The molecule has 2 fully saturated rings. The van der Waals surface area contributed by atoms with Gasteiger partial charge in [-0.15, -0.1) is 11.3 Å². The Morgan fingerprint density at radius 3 is 2.58 bits per heavy atom. The van der Waals surface area contributed by atoms with Gasteiger partial charge in [0.2, 0.25) is 5.95 Å². The quantitative estimate of drug-likeness (QED) is 0.479. The Hall–Kier alpha value is -2.55. The van der Waals surface area contributed by atoms with Gasteiger partial charge >= 0.3 is 0 Å². The summed E-state index contributed by atoms with van der Waals surface area (Å²) in [6.45, 7) is 5.06. The van der Waals surface area contributed by atoms with E-state index in [0.29, 0.717) is 28.4 Å². The molecular formula is C27H31ClN6OS. The monoisotopic (exact) mass is 522 g/mol. The first-order valence-electron chi connectivity index (χ1n) is 12.7. The highest BCUT2D eigenvalue weighted by molar-refractivity contribution is 7.16. The van der Waals surface area contributed by atoms with Crippen LogP contribution in [-0.2, 0) is 5.41 Å². The van der Waals surface area contributed by atoms with Gasteiger partial charge in [-0.2, -0.15) is 0 Å². The summed E-state index contributed by atoms with van der Waals surface area (Å²) in [5.74, 6) is 1.81. The topological polar surface area (TPSA) is 74.2 Å². The average molecular weight is 523 g/mol. The molecule has 3 aliphatic rings. The number of piperidine rings is 1. The molecule has 1 N–H and O–H groups in total. The van der Waals surface area contributed by atoms with Crippen molar-refractivity contribution in [2.24, 2.45) is 0 Å². The van der Waals surface area contributed by atoms with Crippen molar-refractivity contribution in [3.05, 3.63) is 51.1 Å². The zero-order valence-corrected chi connectivity index (χ0v) is 22.5. The normalized spacial score (nSPS) is 19.9.